The number of aryl methyl sites for hydroxylation is 1. The van der Waals surface area contributed by atoms with Crippen molar-refractivity contribution in [1.29, 1.82) is 0 Å². The Hall–Kier alpha value is -2.76. The smallest absolute Gasteiger partial charge is 0.257 e. The molecule has 160 valence electrons. The van der Waals surface area contributed by atoms with Gasteiger partial charge < -0.3 is 9.47 Å². The molecular weight excluding hydrogens is 384 g/mol. The monoisotopic (exact) mass is 413 g/mol. The van der Waals surface area contributed by atoms with Gasteiger partial charge in [-0.25, -0.2) is 13.8 Å². The standard InChI is InChI=1S/C24H29F2N3O/c1-3-5-9-15-28(24(30)18-11-10-12-19(25)23(18)26)17-22-27-20-13-7-8-14-21(20)29(22)16-6-4-2/h7-8,10-14H,3-6,9,15-17H2,1-2H3. The molecule has 0 saturated heterocycles. The molecule has 0 radical (unpaired) electrons. The van der Waals surface area contributed by atoms with E-state index >= 15 is 0 Å². The van der Waals surface area contributed by atoms with Crippen LogP contribution in [0.1, 0.15) is 62.1 Å². The number of amides is 1. The van der Waals surface area contributed by atoms with Gasteiger partial charge in [0.05, 0.1) is 23.1 Å². The van der Waals surface area contributed by atoms with Crippen LogP contribution in [0.5, 0.6) is 0 Å². The van der Waals surface area contributed by atoms with Crippen LogP contribution < -0.4 is 0 Å². The third kappa shape index (κ3) is 4.86. The molecule has 0 aliphatic carbocycles. The highest BCUT2D eigenvalue weighted by Gasteiger charge is 2.23. The van der Waals surface area contributed by atoms with Gasteiger partial charge in [-0.1, -0.05) is 51.3 Å². The van der Waals surface area contributed by atoms with Crippen molar-refractivity contribution >= 4 is 16.9 Å². The molecule has 0 atom stereocenters. The number of rotatable bonds is 10. The zero-order valence-electron chi connectivity index (χ0n) is 17.7. The van der Waals surface area contributed by atoms with Crippen LogP contribution in [0.4, 0.5) is 8.78 Å². The van der Waals surface area contributed by atoms with E-state index in [0.29, 0.717) is 6.54 Å². The Bertz CT molecular complexity index is 999. The molecule has 6 heteroatoms. The Balaban J connectivity index is 1.95. The van der Waals surface area contributed by atoms with E-state index in [1.165, 1.54) is 12.1 Å². The van der Waals surface area contributed by atoms with Crippen molar-refractivity contribution in [2.45, 2.75) is 59.0 Å². The van der Waals surface area contributed by atoms with Crippen LogP contribution in [0.25, 0.3) is 11.0 Å². The molecule has 4 nitrogen and oxygen atoms in total. The van der Waals surface area contributed by atoms with E-state index in [9.17, 15) is 13.6 Å². The Kier molecular flexibility index (Phi) is 7.55. The largest absolute Gasteiger partial charge is 0.331 e. The van der Waals surface area contributed by atoms with E-state index in [4.69, 9.17) is 4.98 Å². The normalized spacial score (nSPS) is 11.2. The predicted octanol–water partition coefficient (Wildman–Crippen LogP) is 5.95. The van der Waals surface area contributed by atoms with Crippen LogP contribution in [-0.2, 0) is 13.1 Å². The van der Waals surface area contributed by atoms with Crippen molar-refractivity contribution in [3.8, 4) is 0 Å². The molecule has 0 aliphatic heterocycles. The Morgan fingerprint density at radius 1 is 1.00 bits per heavy atom. The third-order valence-electron chi connectivity index (χ3n) is 5.30. The molecular formula is C24H29F2N3O. The van der Waals surface area contributed by atoms with Gasteiger partial charge >= 0.3 is 0 Å². The predicted molar refractivity (Wildman–Crippen MR) is 115 cm³/mol. The van der Waals surface area contributed by atoms with Gasteiger partial charge in [0.25, 0.3) is 5.91 Å². The quantitative estimate of drug-likeness (QED) is 0.385. The number of nitrogens with zero attached hydrogens (tertiary/aromatic N) is 3. The average Bonchev–Trinajstić information content (AvgIpc) is 3.10. The fourth-order valence-corrected chi connectivity index (χ4v) is 3.63. The molecule has 0 spiro atoms. The lowest BCUT2D eigenvalue weighted by atomic mass is 10.1. The van der Waals surface area contributed by atoms with E-state index in [0.717, 1.165) is 61.6 Å². The summed E-state index contributed by atoms with van der Waals surface area (Å²) in [7, 11) is 0. The third-order valence-corrected chi connectivity index (χ3v) is 5.30. The van der Waals surface area contributed by atoms with E-state index in [2.05, 4.69) is 18.4 Å². The first kappa shape index (κ1) is 21.9. The average molecular weight is 414 g/mol. The molecule has 1 aromatic heterocycles. The van der Waals surface area contributed by atoms with Crippen molar-refractivity contribution < 1.29 is 13.6 Å². The van der Waals surface area contributed by atoms with Gasteiger partial charge in [0, 0.05) is 13.1 Å². The van der Waals surface area contributed by atoms with Crippen molar-refractivity contribution in [3.05, 3.63) is 65.5 Å². The number of para-hydroxylation sites is 2. The van der Waals surface area contributed by atoms with Crippen LogP contribution in [-0.4, -0.2) is 26.9 Å². The molecule has 0 bridgehead atoms. The second-order valence-electron chi connectivity index (χ2n) is 7.56. The molecule has 1 amide bonds. The number of benzene rings is 2. The van der Waals surface area contributed by atoms with Crippen LogP contribution >= 0.6 is 0 Å². The number of imidazole rings is 1. The van der Waals surface area contributed by atoms with Crippen LogP contribution in [0.2, 0.25) is 0 Å². The first-order chi connectivity index (χ1) is 14.6. The van der Waals surface area contributed by atoms with Crippen molar-refractivity contribution in [3.63, 3.8) is 0 Å². The molecule has 2 aromatic carbocycles. The maximum atomic E-state index is 14.3. The van der Waals surface area contributed by atoms with E-state index < -0.39 is 17.5 Å². The van der Waals surface area contributed by atoms with E-state index in [1.54, 1.807) is 4.90 Å². The lowest BCUT2D eigenvalue weighted by Gasteiger charge is -2.23. The van der Waals surface area contributed by atoms with Crippen molar-refractivity contribution in [2.75, 3.05) is 6.54 Å². The van der Waals surface area contributed by atoms with Crippen LogP contribution in [0.15, 0.2) is 42.5 Å². The zero-order chi connectivity index (χ0) is 21.5. The Morgan fingerprint density at radius 3 is 2.53 bits per heavy atom. The maximum Gasteiger partial charge on any atom is 0.257 e. The fraction of sp³-hybridized carbons (Fsp3) is 0.417. The van der Waals surface area contributed by atoms with E-state index in [-0.39, 0.29) is 12.1 Å². The van der Waals surface area contributed by atoms with Gasteiger partial charge in [-0.15, -0.1) is 0 Å². The Labute approximate surface area is 176 Å². The van der Waals surface area contributed by atoms with Gasteiger partial charge in [-0.3, -0.25) is 4.79 Å². The SMILES string of the molecule is CCCCCN(Cc1nc2ccccc2n1CCCC)C(=O)c1cccc(F)c1F. The van der Waals surface area contributed by atoms with Crippen LogP contribution in [0.3, 0.4) is 0 Å². The molecule has 3 aromatic rings. The molecule has 0 aliphatic rings. The number of carbonyl (C=O) groups is 1. The van der Waals surface area contributed by atoms with Gasteiger partial charge in [0.2, 0.25) is 0 Å². The summed E-state index contributed by atoms with van der Waals surface area (Å²) < 4.78 is 30.2. The Morgan fingerprint density at radius 2 is 1.77 bits per heavy atom. The minimum absolute atomic E-state index is 0.234. The zero-order valence-corrected chi connectivity index (χ0v) is 17.7. The number of hydrogen-bond donors (Lipinski definition) is 0. The molecule has 0 fully saturated rings. The van der Waals surface area contributed by atoms with Gasteiger partial charge in [-0.2, -0.15) is 0 Å². The minimum Gasteiger partial charge on any atom is -0.331 e. The fourth-order valence-electron chi connectivity index (χ4n) is 3.63. The second-order valence-corrected chi connectivity index (χ2v) is 7.56. The van der Waals surface area contributed by atoms with Gasteiger partial charge in [0.15, 0.2) is 11.6 Å². The highest BCUT2D eigenvalue weighted by atomic mass is 19.2. The lowest BCUT2D eigenvalue weighted by molar-refractivity contribution is 0.0728. The van der Waals surface area contributed by atoms with Crippen molar-refractivity contribution in [1.82, 2.24) is 14.5 Å². The summed E-state index contributed by atoms with van der Waals surface area (Å²) in [6.07, 6.45) is 4.80. The van der Waals surface area contributed by atoms with E-state index in [1.807, 2.05) is 24.3 Å². The molecule has 0 unspecified atom stereocenters. The summed E-state index contributed by atoms with van der Waals surface area (Å²) in [5.41, 5.74) is 1.67. The highest BCUT2D eigenvalue weighted by Crippen LogP contribution is 2.21. The number of carbonyl (C=O) groups excluding carboxylic acids is 1. The first-order valence-electron chi connectivity index (χ1n) is 10.7. The summed E-state index contributed by atoms with van der Waals surface area (Å²) in [5.74, 6) is -1.84. The number of hydrogen-bond acceptors (Lipinski definition) is 2. The first-order valence-corrected chi connectivity index (χ1v) is 10.7. The summed E-state index contributed by atoms with van der Waals surface area (Å²) in [6, 6.07) is 11.6. The number of fused-ring (bicyclic) bond motifs is 1. The summed E-state index contributed by atoms with van der Waals surface area (Å²) in [5, 5.41) is 0. The van der Waals surface area contributed by atoms with Crippen LogP contribution in [0, 0.1) is 11.6 Å². The molecule has 0 saturated carbocycles. The minimum atomic E-state index is -1.09. The maximum absolute atomic E-state index is 14.3. The number of halogens is 2. The molecule has 1 heterocycles. The van der Waals surface area contributed by atoms with Gasteiger partial charge in [-0.05, 0) is 37.1 Å². The van der Waals surface area contributed by atoms with Gasteiger partial charge in [0.1, 0.15) is 5.82 Å². The second kappa shape index (κ2) is 10.3. The lowest BCUT2D eigenvalue weighted by Crippen LogP contribution is -2.33. The summed E-state index contributed by atoms with van der Waals surface area (Å²) in [4.78, 5) is 19.5. The highest BCUT2D eigenvalue weighted by molar-refractivity contribution is 5.94. The summed E-state index contributed by atoms with van der Waals surface area (Å²) in [6.45, 7) is 5.75. The summed E-state index contributed by atoms with van der Waals surface area (Å²) >= 11 is 0. The topological polar surface area (TPSA) is 38.1 Å². The van der Waals surface area contributed by atoms with Crippen molar-refractivity contribution in [2.24, 2.45) is 0 Å². The molecule has 0 N–H and O–H groups in total. The number of unbranched alkanes of at least 4 members (excludes halogenated alkanes) is 3. The molecule has 3 rings (SSSR count). The molecule has 30 heavy (non-hydrogen) atoms. The number of aromatic nitrogens is 2.